The van der Waals surface area contributed by atoms with Crippen LogP contribution in [0.15, 0.2) is 30.6 Å². The summed E-state index contributed by atoms with van der Waals surface area (Å²) in [5.41, 5.74) is 3.68. The molecule has 22 heavy (non-hydrogen) atoms. The molecule has 0 radical (unpaired) electrons. The van der Waals surface area contributed by atoms with Crippen LogP contribution in [-0.2, 0) is 6.54 Å². The average Bonchev–Trinajstić information content (AvgIpc) is 2.86. The van der Waals surface area contributed by atoms with E-state index in [9.17, 15) is 0 Å². The second-order valence-electron chi connectivity index (χ2n) is 6.46. The molecule has 1 saturated heterocycles. The van der Waals surface area contributed by atoms with Crippen molar-refractivity contribution in [1.82, 2.24) is 19.7 Å². The SMILES string of the molecule is Cc1cc(C)n(CC2CCCCN2C(C)c2cccnc2)n1. The number of aromatic nitrogens is 3. The molecular weight excluding hydrogens is 272 g/mol. The number of hydrogen-bond acceptors (Lipinski definition) is 3. The minimum absolute atomic E-state index is 0.413. The zero-order chi connectivity index (χ0) is 15.5. The first-order chi connectivity index (χ1) is 10.6. The summed E-state index contributed by atoms with van der Waals surface area (Å²) in [4.78, 5) is 6.92. The maximum absolute atomic E-state index is 4.65. The molecule has 1 aliphatic heterocycles. The molecule has 0 saturated carbocycles. The fraction of sp³-hybridized carbons (Fsp3) is 0.556. The summed E-state index contributed by atoms with van der Waals surface area (Å²) in [6, 6.07) is 7.36. The number of hydrogen-bond donors (Lipinski definition) is 0. The molecule has 3 rings (SSSR count). The van der Waals surface area contributed by atoms with Crippen LogP contribution in [0.4, 0.5) is 0 Å². The van der Waals surface area contributed by atoms with Crippen molar-refractivity contribution in [1.29, 1.82) is 0 Å². The van der Waals surface area contributed by atoms with Crippen LogP contribution in [-0.4, -0.2) is 32.3 Å². The standard InChI is InChI=1S/C18H26N4/c1-14-11-15(2)22(20-14)13-18-8-4-5-10-21(18)16(3)17-7-6-9-19-12-17/h6-7,9,11-12,16,18H,4-5,8,10,13H2,1-3H3. The summed E-state index contributed by atoms with van der Waals surface area (Å²) in [6.07, 6.45) is 7.71. The molecule has 0 aromatic carbocycles. The van der Waals surface area contributed by atoms with Crippen molar-refractivity contribution in [3.05, 3.63) is 47.5 Å². The van der Waals surface area contributed by atoms with Gasteiger partial charge >= 0.3 is 0 Å². The van der Waals surface area contributed by atoms with E-state index in [0.29, 0.717) is 12.1 Å². The molecule has 0 amide bonds. The Morgan fingerprint density at radius 3 is 2.86 bits per heavy atom. The molecule has 0 aliphatic carbocycles. The molecule has 0 spiro atoms. The monoisotopic (exact) mass is 298 g/mol. The number of pyridine rings is 1. The van der Waals surface area contributed by atoms with E-state index in [1.54, 1.807) is 0 Å². The number of rotatable bonds is 4. The minimum Gasteiger partial charge on any atom is -0.292 e. The number of aryl methyl sites for hydroxylation is 2. The van der Waals surface area contributed by atoms with E-state index in [-0.39, 0.29) is 0 Å². The van der Waals surface area contributed by atoms with Crippen molar-refractivity contribution < 1.29 is 0 Å². The first kappa shape index (κ1) is 15.2. The van der Waals surface area contributed by atoms with Crippen molar-refractivity contribution in [3.8, 4) is 0 Å². The van der Waals surface area contributed by atoms with Crippen LogP contribution in [0, 0.1) is 13.8 Å². The Bertz CT molecular complexity index is 605. The fourth-order valence-corrected chi connectivity index (χ4v) is 3.60. The summed E-state index contributed by atoms with van der Waals surface area (Å²) in [7, 11) is 0. The molecular formula is C18H26N4. The van der Waals surface area contributed by atoms with Crippen LogP contribution in [0.2, 0.25) is 0 Å². The van der Waals surface area contributed by atoms with Gasteiger partial charge < -0.3 is 0 Å². The number of nitrogens with zero attached hydrogens (tertiary/aromatic N) is 4. The zero-order valence-electron chi connectivity index (χ0n) is 13.9. The Kier molecular flexibility index (Phi) is 4.57. The highest BCUT2D eigenvalue weighted by atomic mass is 15.3. The van der Waals surface area contributed by atoms with E-state index in [1.807, 2.05) is 18.5 Å². The van der Waals surface area contributed by atoms with Gasteiger partial charge in [-0.25, -0.2) is 0 Å². The van der Waals surface area contributed by atoms with E-state index in [4.69, 9.17) is 0 Å². The maximum Gasteiger partial charge on any atom is 0.0596 e. The summed E-state index contributed by atoms with van der Waals surface area (Å²) < 4.78 is 2.17. The summed E-state index contributed by atoms with van der Waals surface area (Å²) >= 11 is 0. The third kappa shape index (κ3) is 3.22. The molecule has 0 N–H and O–H groups in total. The quantitative estimate of drug-likeness (QED) is 0.866. The molecule has 0 bridgehead atoms. The highest BCUT2D eigenvalue weighted by Gasteiger charge is 2.28. The Morgan fingerprint density at radius 1 is 1.32 bits per heavy atom. The molecule has 2 aromatic rings. The predicted molar refractivity (Wildman–Crippen MR) is 88.7 cm³/mol. The zero-order valence-corrected chi connectivity index (χ0v) is 13.9. The lowest BCUT2D eigenvalue weighted by Gasteiger charge is -2.40. The van der Waals surface area contributed by atoms with Gasteiger partial charge in [0.25, 0.3) is 0 Å². The van der Waals surface area contributed by atoms with Crippen molar-refractivity contribution >= 4 is 0 Å². The lowest BCUT2D eigenvalue weighted by molar-refractivity contribution is 0.0877. The van der Waals surface area contributed by atoms with Gasteiger partial charge in [0.1, 0.15) is 0 Å². The molecule has 2 unspecified atom stereocenters. The predicted octanol–water partition coefficient (Wildman–Crippen LogP) is 3.51. The van der Waals surface area contributed by atoms with Crippen LogP contribution < -0.4 is 0 Å². The van der Waals surface area contributed by atoms with Crippen LogP contribution >= 0.6 is 0 Å². The number of likely N-dealkylation sites (tertiary alicyclic amines) is 1. The summed E-state index contributed by atoms with van der Waals surface area (Å²) in [5.74, 6) is 0. The van der Waals surface area contributed by atoms with Crippen molar-refractivity contribution in [2.75, 3.05) is 6.54 Å². The molecule has 2 aromatic heterocycles. The van der Waals surface area contributed by atoms with Gasteiger partial charge in [0, 0.05) is 30.2 Å². The maximum atomic E-state index is 4.65. The Morgan fingerprint density at radius 2 is 2.18 bits per heavy atom. The van der Waals surface area contributed by atoms with Crippen LogP contribution in [0.3, 0.4) is 0 Å². The molecule has 1 aliphatic rings. The normalized spacial score (nSPS) is 21.0. The van der Waals surface area contributed by atoms with Crippen molar-refractivity contribution in [2.24, 2.45) is 0 Å². The smallest absolute Gasteiger partial charge is 0.0596 e. The van der Waals surface area contributed by atoms with Crippen molar-refractivity contribution in [3.63, 3.8) is 0 Å². The fourth-order valence-electron chi connectivity index (χ4n) is 3.60. The highest BCUT2D eigenvalue weighted by molar-refractivity contribution is 5.14. The van der Waals surface area contributed by atoms with Gasteiger partial charge in [-0.2, -0.15) is 5.10 Å². The largest absolute Gasteiger partial charge is 0.292 e. The van der Waals surface area contributed by atoms with Crippen molar-refractivity contribution in [2.45, 2.75) is 58.7 Å². The van der Waals surface area contributed by atoms with E-state index in [1.165, 1.54) is 37.1 Å². The van der Waals surface area contributed by atoms with Crippen LogP contribution in [0.25, 0.3) is 0 Å². The van der Waals surface area contributed by atoms with E-state index in [2.05, 4.69) is 52.6 Å². The van der Waals surface area contributed by atoms with E-state index < -0.39 is 0 Å². The van der Waals surface area contributed by atoms with E-state index in [0.717, 1.165) is 12.2 Å². The highest BCUT2D eigenvalue weighted by Crippen LogP contribution is 2.29. The van der Waals surface area contributed by atoms with Gasteiger partial charge in [-0.15, -0.1) is 0 Å². The molecule has 4 nitrogen and oxygen atoms in total. The van der Waals surface area contributed by atoms with Gasteiger partial charge in [0.15, 0.2) is 0 Å². The van der Waals surface area contributed by atoms with Crippen LogP contribution in [0.1, 0.15) is 49.2 Å². The Hall–Kier alpha value is -1.68. The molecule has 1 fully saturated rings. The minimum atomic E-state index is 0.413. The van der Waals surface area contributed by atoms with Gasteiger partial charge in [-0.05, 0) is 57.9 Å². The van der Waals surface area contributed by atoms with E-state index >= 15 is 0 Å². The second-order valence-corrected chi connectivity index (χ2v) is 6.46. The third-order valence-electron chi connectivity index (χ3n) is 4.82. The third-order valence-corrected chi connectivity index (χ3v) is 4.82. The Balaban J connectivity index is 1.78. The topological polar surface area (TPSA) is 34.0 Å². The molecule has 4 heteroatoms. The first-order valence-corrected chi connectivity index (χ1v) is 8.32. The summed E-state index contributed by atoms with van der Waals surface area (Å²) in [6.45, 7) is 8.68. The second kappa shape index (κ2) is 6.61. The van der Waals surface area contributed by atoms with Gasteiger partial charge in [0.05, 0.1) is 12.2 Å². The molecule has 118 valence electrons. The first-order valence-electron chi connectivity index (χ1n) is 8.32. The number of piperidine rings is 1. The average molecular weight is 298 g/mol. The lowest BCUT2D eigenvalue weighted by Crippen LogP contribution is -2.43. The van der Waals surface area contributed by atoms with Gasteiger partial charge in [-0.3, -0.25) is 14.6 Å². The molecule has 3 heterocycles. The Labute approximate surface area is 133 Å². The van der Waals surface area contributed by atoms with Crippen LogP contribution in [0.5, 0.6) is 0 Å². The lowest BCUT2D eigenvalue weighted by atomic mass is 9.97. The van der Waals surface area contributed by atoms with Gasteiger partial charge in [-0.1, -0.05) is 12.5 Å². The van der Waals surface area contributed by atoms with Gasteiger partial charge in [0.2, 0.25) is 0 Å². The summed E-state index contributed by atoms with van der Waals surface area (Å²) in [5, 5.41) is 4.65. The molecule has 2 atom stereocenters.